The Balaban J connectivity index is 1.83. The third kappa shape index (κ3) is 4.72. The molecule has 1 fully saturated rings. The van der Waals surface area contributed by atoms with Crippen molar-refractivity contribution in [2.75, 3.05) is 25.0 Å². The number of nitrogens with two attached hydrogens (primary N) is 1. The van der Waals surface area contributed by atoms with Crippen molar-refractivity contribution in [3.63, 3.8) is 0 Å². The van der Waals surface area contributed by atoms with Gasteiger partial charge in [-0.2, -0.15) is 0 Å². The maximum atomic E-state index is 12.6. The minimum atomic E-state index is -0.470. The van der Waals surface area contributed by atoms with Crippen LogP contribution in [0.15, 0.2) is 30.3 Å². The molecule has 138 valence electrons. The molecule has 1 aromatic carbocycles. The van der Waals surface area contributed by atoms with Gasteiger partial charge in [-0.15, -0.1) is 0 Å². The van der Waals surface area contributed by atoms with Gasteiger partial charge in [0.2, 0.25) is 5.91 Å². The SMILES string of the molecule is CCC(CC)(CN)C(=O)NC1CCN(C(=O)Nc2ccccc2)CC1. The molecular formula is C19H30N4O2. The molecule has 1 aromatic rings. The van der Waals surface area contributed by atoms with Crippen molar-refractivity contribution in [1.29, 1.82) is 0 Å². The maximum Gasteiger partial charge on any atom is 0.321 e. The van der Waals surface area contributed by atoms with Gasteiger partial charge in [0.1, 0.15) is 0 Å². The van der Waals surface area contributed by atoms with Crippen molar-refractivity contribution < 1.29 is 9.59 Å². The second kappa shape index (κ2) is 8.85. The number of para-hydroxylation sites is 1. The molecule has 1 aliphatic rings. The van der Waals surface area contributed by atoms with E-state index in [-0.39, 0.29) is 18.0 Å². The molecule has 2 rings (SSSR count). The van der Waals surface area contributed by atoms with Crippen molar-refractivity contribution in [2.24, 2.45) is 11.1 Å². The first kappa shape index (κ1) is 19.2. The van der Waals surface area contributed by atoms with Crippen LogP contribution in [0.4, 0.5) is 10.5 Å². The lowest BCUT2D eigenvalue weighted by Crippen LogP contribution is -2.52. The zero-order valence-electron chi connectivity index (χ0n) is 15.3. The predicted molar refractivity (Wildman–Crippen MR) is 100 cm³/mol. The highest BCUT2D eigenvalue weighted by Gasteiger charge is 2.35. The monoisotopic (exact) mass is 346 g/mol. The lowest BCUT2D eigenvalue weighted by atomic mass is 9.81. The Kier molecular flexibility index (Phi) is 6.82. The lowest BCUT2D eigenvalue weighted by Gasteiger charge is -2.35. The second-order valence-corrected chi connectivity index (χ2v) is 6.72. The number of benzene rings is 1. The lowest BCUT2D eigenvalue weighted by molar-refractivity contribution is -0.132. The number of anilines is 1. The van der Waals surface area contributed by atoms with E-state index >= 15 is 0 Å². The van der Waals surface area contributed by atoms with Gasteiger partial charge in [0.15, 0.2) is 0 Å². The Morgan fingerprint density at radius 3 is 2.28 bits per heavy atom. The fraction of sp³-hybridized carbons (Fsp3) is 0.579. The molecule has 6 heteroatoms. The first-order chi connectivity index (χ1) is 12.0. The highest BCUT2D eigenvalue weighted by molar-refractivity contribution is 5.89. The summed E-state index contributed by atoms with van der Waals surface area (Å²) in [7, 11) is 0. The highest BCUT2D eigenvalue weighted by atomic mass is 16.2. The van der Waals surface area contributed by atoms with E-state index in [0.717, 1.165) is 31.4 Å². The average molecular weight is 346 g/mol. The summed E-state index contributed by atoms with van der Waals surface area (Å²) in [4.78, 5) is 26.7. The van der Waals surface area contributed by atoms with E-state index in [1.807, 2.05) is 44.2 Å². The van der Waals surface area contributed by atoms with E-state index in [1.54, 1.807) is 4.90 Å². The zero-order chi connectivity index (χ0) is 18.3. The molecule has 3 amide bonds. The van der Waals surface area contributed by atoms with Gasteiger partial charge in [-0.1, -0.05) is 32.0 Å². The van der Waals surface area contributed by atoms with Gasteiger partial charge >= 0.3 is 6.03 Å². The van der Waals surface area contributed by atoms with Crippen LogP contribution < -0.4 is 16.4 Å². The Bertz CT molecular complexity index is 556. The number of nitrogens with one attached hydrogen (secondary N) is 2. The van der Waals surface area contributed by atoms with E-state index < -0.39 is 5.41 Å². The van der Waals surface area contributed by atoms with Crippen LogP contribution in [-0.2, 0) is 4.79 Å². The topological polar surface area (TPSA) is 87.5 Å². The summed E-state index contributed by atoms with van der Waals surface area (Å²) < 4.78 is 0. The van der Waals surface area contributed by atoms with E-state index in [2.05, 4.69) is 10.6 Å². The Morgan fingerprint density at radius 2 is 1.76 bits per heavy atom. The Morgan fingerprint density at radius 1 is 1.16 bits per heavy atom. The third-order valence-electron chi connectivity index (χ3n) is 5.37. The first-order valence-corrected chi connectivity index (χ1v) is 9.16. The third-order valence-corrected chi connectivity index (χ3v) is 5.37. The maximum absolute atomic E-state index is 12.6. The van der Waals surface area contributed by atoms with Crippen LogP contribution in [0.2, 0.25) is 0 Å². The summed E-state index contributed by atoms with van der Waals surface area (Å²) in [5.74, 6) is 0.0483. The number of piperidine rings is 1. The molecule has 1 heterocycles. The zero-order valence-corrected chi connectivity index (χ0v) is 15.3. The summed E-state index contributed by atoms with van der Waals surface area (Å²) in [5.41, 5.74) is 6.17. The molecule has 0 radical (unpaired) electrons. The largest absolute Gasteiger partial charge is 0.353 e. The van der Waals surface area contributed by atoms with Gasteiger partial charge in [-0.3, -0.25) is 4.79 Å². The second-order valence-electron chi connectivity index (χ2n) is 6.72. The number of likely N-dealkylation sites (tertiary alicyclic amines) is 1. The summed E-state index contributed by atoms with van der Waals surface area (Å²) in [6.07, 6.45) is 3.01. The van der Waals surface area contributed by atoms with Crippen LogP contribution in [-0.4, -0.2) is 42.5 Å². The van der Waals surface area contributed by atoms with Crippen LogP contribution >= 0.6 is 0 Å². The number of amides is 3. The van der Waals surface area contributed by atoms with E-state index in [0.29, 0.717) is 19.6 Å². The van der Waals surface area contributed by atoms with Gasteiger partial charge in [0.25, 0.3) is 0 Å². The molecular weight excluding hydrogens is 316 g/mol. The van der Waals surface area contributed by atoms with Crippen LogP contribution in [0.1, 0.15) is 39.5 Å². The number of rotatable bonds is 6. The highest BCUT2D eigenvalue weighted by Crippen LogP contribution is 2.26. The fourth-order valence-corrected chi connectivity index (χ4v) is 3.24. The number of hydrogen-bond acceptors (Lipinski definition) is 3. The van der Waals surface area contributed by atoms with E-state index in [4.69, 9.17) is 5.73 Å². The average Bonchev–Trinajstić information content (AvgIpc) is 2.65. The smallest absolute Gasteiger partial charge is 0.321 e. The predicted octanol–water partition coefficient (Wildman–Crippen LogP) is 2.56. The molecule has 0 unspecified atom stereocenters. The van der Waals surface area contributed by atoms with Gasteiger partial charge in [-0.25, -0.2) is 4.79 Å². The van der Waals surface area contributed by atoms with Gasteiger partial charge in [-0.05, 0) is 37.8 Å². The first-order valence-electron chi connectivity index (χ1n) is 9.16. The Hall–Kier alpha value is -2.08. The fourth-order valence-electron chi connectivity index (χ4n) is 3.24. The number of carbonyl (C=O) groups excluding carboxylic acids is 2. The van der Waals surface area contributed by atoms with Crippen molar-refractivity contribution in [3.8, 4) is 0 Å². The van der Waals surface area contributed by atoms with Crippen molar-refractivity contribution >= 4 is 17.6 Å². The van der Waals surface area contributed by atoms with Crippen molar-refractivity contribution in [2.45, 2.75) is 45.6 Å². The number of carbonyl (C=O) groups is 2. The number of nitrogens with zero attached hydrogens (tertiary/aromatic N) is 1. The van der Waals surface area contributed by atoms with Gasteiger partial charge < -0.3 is 21.3 Å². The van der Waals surface area contributed by atoms with Crippen LogP contribution in [0.25, 0.3) is 0 Å². The molecule has 0 saturated carbocycles. The quantitative estimate of drug-likeness (QED) is 0.740. The Labute approximate surface area is 150 Å². The van der Waals surface area contributed by atoms with Crippen LogP contribution in [0, 0.1) is 5.41 Å². The molecule has 0 aromatic heterocycles. The number of hydrogen-bond donors (Lipinski definition) is 3. The van der Waals surface area contributed by atoms with E-state index in [9.17, 15) is 9.59 Å². The molecule has 0 spiro atoms. The molecule has 1 aliphatic heterocycles. The van der Waals surface area contributed by atoms with Crippen molar-refractivity contribution in [3.05, 3.63) is 30.3 Å². The minimum absolute atomic E-state index is 0.0483. The molecule has 0 aliphatic carbocycles. The summed E-state index contributed by atoms with van der Waals surface area (Å²) in [5, 5.41) is 6.05. The minimum Gasteiger partial charge on any atom is -0.353 e. The molecule has 4 N–H and O–H groups in total. The van der Waals surface area contributed by atoms with Crippen LogP contribution in [0.5, 0.6) is 0 Å². The van der Waals surface area contributed by atoms with Crippen molar-refractivity contribution in [1.82, 2.24) is 10.2 Å². The molecule has 0 atom stereocenters. The summed E-state index contributed by atoms with van der Waals surface area (Å²) >= 11 is 0. The van der Waals surface area contributed by atoms with Gasteiger partial charge in [0.05, 0.1) is 5.41 Å². The number of urea groups is 1. The normalized spacial score (nSPS) is 15.7. The molecule has 1 saturated heterocycles. The standard InChI is InChI=1S/C19H30N4O2/c1-3-19(4-2,14-20)17(24)21-16-10-12-23(13-11-16)18(25)22-15-8-6-5-7-9-15/h5-9,16H,3-4,10-14,20H2,1-2H3,(H,21,24)(H,22,25). The van der Waals surface area contributed by atoms with Gasteiger partial charge in [0, 0.05) is 31.4 Å². The molecule has 6 nitrogen and oxygen atoms in total. The summed E-state index contributed by atoms with van der Waals surface area (Å²) in [6.45, 7) is 5.65. The molecule has 25 heavy (non-hydrogen) atoms. The molecule has 0 bridgehead atoms. The summed E-state index contributed by atoms with van der Waals surface area (Å²) in [6, 6.07) is 9.45. The van der Waals surface area contributed by atoms with E-state index in [1.165, 1.54) is 0 Å². The van der Waals surface area contributed by atoms with Crippen LogP contribution in [0.3, 0.4) is 0 Å².